The van der Waals surface area contributed by atoms with E-state index in [0.717, 1.165) is 0 Å². The van der Waals surface area contributed by atoms with Crippen molar-refractivity contribution >= 4 is 12.2 Å². The molecule has 0 aliphatic rings. The van der Waals surface area contributed by atoms with Crippen molar-refractivity contribution in [1.29, 1.82) is 0 Å². The lowest BCUT2D eigenvalue weighted by Crippen LogP contribution is -2.10. The zero-order valence-electron chi connectivity index (χ0n) is 7.39. The second kappa shape index (κ2) is 3.38. The van der Waals surface area contributed by atoms with E-state index in [9.17, 15) is 0 Å². The largest absolute Gasteiger partial charge is 0.0804 e. The highest BCUT2D eigenvalue weighted by Gasteiger charge is 1.84. The van der Waals surface area contributed by atoms with Gasteiger partial charge in [-0.05, 0) is 36.8 Å². The molecule has 0 fully saturated rings. The molecule has 1 rings (SSSR count). The highest BCUT2D eigenvalue weighted by atomic mass is 13.9. The SMILES string of the molecule is CC=c1ccc(=CC)c(C)c1. The Morgan fingerprint density at radius 3 is 2.27 bits per heavy atom. The first kappa shape index (κ1) is 8.06. The Kier molecular flexibility index (Phi) is 2.48. The third kappa shape index (κ3) is 1.70. The van der Waals surface area contributed by atoms with Gasteiger partial charge in [0.2, 0.25) is 0 Å². The number of hydrogen-bond acceptors (Lipinski definition) is 0. The summed E-state index contributed by atoms with van der Waals surface area (Å²) < 4.78 is 0. The van der Waals surface area contributed by atoms with E-state index in [0.29, 0.717) is 0 Å². The first-order valence-corrected chi connectivity index (χ1v) is 3.97. The van der Waals surface area contributed by atoms with Crippen molar-refractivity contribution < 1.29 is 0 Å². The summed E-state index contributed by atoms with van der Waals surface area (Å²) in [5.41, 5.74) is 1.35. The van der Waals surface area contributed by atoms with Crippen molar-refractivity contribution in [2.45, 2.75) is 20.8 Å². The summed E-state index contributed by atoms with van der Waals surface area (Å²) in [4.78, 5) is 0. The van der Waals surface area contributed by atoms with E-state index >= 15 is 0 Å². The summed E-state index contributed by atoms with van der Waals surface area (Å²) in [6, 6.07) is 6.50. The Bertz CT molecular complexity index is 345. The first-order chi connectivity index (χ1) is 5.27. The molecule has 0 N–H and O–H groups in total. The van der Waals surface area contributed by atoms with E-state index < -0.39 is 0 Å². The minimum atomic E-state index is 1.30. The number of hydrogen-bond donors (Lipinski definition) is 0. The summed E-state index contributed by atoms with van der Waals surface area (Å²) in [7, 11) is 0. The molecule has 1 aromatic rings. The van der Waals surface area contributed by atoms with Gasteiger partial charge >= 0.3 is 0 Å². The van der Waals surface area contributed by atoms with Gasteiger partial charge < -0.3 is 0 Å². The van der Waals surface area contributed by atoms with Crippen LogP contribution in [-0.2, 0) is 0 Å². The van der Waals surface area contributed by atoms with Crippen molar-refractivity contribution in [2.75, 3.05) is 0 Å². The fraction of sp³-hybridized carbons (Fsp3) is 0.273. The van der Waals surface area contributed by atoms with Crippen molar-refractivity contribution in [3.05, 3.63) is 34.2 Å². The lowest BCUT2D eigenvalue weighted by Gasteiger charge is -1.92. The smallest absolute Gasteiger partial charge is 0.0270 e. The zero-order chi connectivity index (χ0) is 8.27. The van der Waals surface area contributed by atoms with Gasteiger partial charge in [-0.15, -0.1) is 0 Å². The van der Waals surface area contributed by atoms with E-state index in [1.54, 1.807) is 0 Å². The normalized spacial score (nSPS) is 14.1. The Morgan fingerprint density at radius 1 is 1.09 bits per heavy atom. The molecular formula is C11H14. The Morgan fingerprint density at radius 2 is 1.82 bits per heavy atom. The molecule has 0 spiro atoms. The van der Waals surface area contributed by atoms with Gasteiger partial charge in [-0.1, -0.05) is 30.4 Å². The van der Waals surface area contributed by atoms with Gasteiger partial charge in [0.05, 0.1) is 0 Å². The van der Waals surface area contributed by atoms with E-state index in [1.807, 2.05) is 0 Å². The monoisotopic (exact) mass is 146 g/mol. The van der Waals surface area contributed by atoms with Crippen molar-refractivity contribution in [2.24, 2.45) is 0 Å². The molecule has 0 aliphatic heterocycles. The van der Waals surface area contributed by atoms with Crippen molar-refractivity contribution in [3.63, 3.8) is 0 Å². The summed E-state index contributed by atoms with van der Waals surface area (Å²) in [5.74, 6) is 0. The molecule has 0 aromatic heterocycles. The van der Waals surface area contributed by atoms with Crippen molar-refractivity contribution in [1.82, 2.24) is 0 Å². The van der Waals surface area contributed by atoms with Gasteiger partial charge in [-0.3, -0.25) is 0 Å². The molecule has 1 aromatic carbocycles. The van der Waals surface area contributed by atoms with E-state index in [4.69, 9.17) is 0 Å². The quantitative estimate of drug-likeness (QED) is 0.521. The lowest BCUT2D eigenvalue weighted by atomic mass is 10.1. The molecule has 58 valence electrons. The van der Waals surface area contributed by atoms with Crippen LogP contribution in [0.15, 0.2) is 18.2 Å². The molecule has 0 saturated carbocycles. The third-order valence-electron chi connectivity index (χ3n) is 1.94. The van der Waals surface area contributed by atoms with Crippen LogP contribution >= 0.6 is 0 Å². The average molecular weight is 146 g/mol. The lowest BCUT2D eigenvalue weighted by molar-refractivity contribution is 1.37. The summed E-state index contributed by atoms with van der Waals surface area (Å²) in [5, 5.41) is 2.63. The van der Waals surface area contributed by atoms with Crippen LogP contribution in [0.25, 0.3) is 12.2 Å². The van der Waals surface area contributed by atoms with Crippen LogP contribution in [0.2, 0.25) is 0 Å². The van der Waals surface area contributed by atoms with Gasteiger partial charge in [0.15, 0.2) is 0 Å². The fourth-order valence-corrected chi connectivity index (χ4v) is 1.20. The van der Waals surface area contributed by atoms with Crippen LogP contribution in [0.1, 0.15) is 19.4 Å². The molecule has 11 heavy (non-hydrogen) atoms. The Hall–Kier alpha value is -1.04. The molecule has 0 aliphatic carbocycles. The maximum atomic E-state index is 2.20. The van der Waals surface area contributed by atoms with Crippen LogP contribution in [-0.4, -0.2) is 0 Å². The molecule has 0 atom stereocenters. The predicted molar refractivity (Wildman–Crippen MR) is 50.7 cm³/mol. The van der Waals surface area contributed by atoms with Gasteiger partial charge in [0.1, 0.15) is 0 Å². The zero-order valence-corrected chi connectivity index (χ0v) is 7.39. The molecule has 0 unspecified atom stereocenters. The summed E-state index contributed by atoms with van der Waals surface area (Å²) in [6.45, 7) is 6.27. The molecule has 0 heterocycles. The van der Waals surface area contributed by atoms with Gasteiger partial charge in [0.25, 0.3) is 0 Å². The maximum Gasteiger partial charge on any atom is -0.0270 e. The minimum absolute atomic E-state index is 1.30. The summed E-state index contributed by atoms with van der Waals surface area (Å²) >= 11 is 0. The van der Waals surface area contributed by atoms with E-state index in [1.165, 1.54) is 16.0 Å². The van der Waals surface area contributed by atoms with Crippen LogP contribution in [0, 0.1) is 6.92 Å². The molecule has 0 heteroatoms. The molecule has 0 bridgehead atoms. The number of aryl methyl sites for hydroxylation is 1. The second-order valence-electron chi connectivity index (χ2n) is 2.69. The molecular weight excluding hydrogens is 132 g/mol. The van der Waals surface area contributed by atoms with Crippen LogP contribution in [0.5, 0.6) is 0 Å². The van der Waals surface area contributed by atoms with Crippen LogP contribution < -0.4 is 10.4 Å². The highest BCUT2D eigenvalue weighted by molar-refractivity contribution is 5.31. The first-order valence-electron chi connectivity index (χ1n) is 3.97. The molecule has 0 saturated heterocycles. The number of benzene rings is 1. The fourth-order valence-electron chi connectivity index (χ4n) is 1.20. The van der Waals surface area contributed by atoms with Crippen LogP contribution in [0.4, 0.5) is 0 Å². The third-order valence-corrected chi connectivity index (χ3v) is 1.94. The molecule has 0 radical (unpaired) electrons. The standard InChI is InChI=1S/C11H14/c1-4-10-6-7-11(5-2)9(3)8-10/h4-8H,1-3H3. The predicted octanol–water partition coefficient (Wildman–Crippen LogP) is 1.60. The number of rotatable bonds is 0. The average Bonchev–Trinajstić information content (AvgIpc) is 2.04. The topological polar surface area (TPSA) is 0 Å². The van der Waals surface area contributed by atoms with Gasteiger partial charge in [0, 0.05) is 0 Å². The minimum Gasteiger partial charge on any atom is -0.0804 e. The van der Waals surface area contributed by atoms with Gasteiger partial charge in [-0.2, -0.15) is 0 Å². The van der Waals surface area contributed by atoms with Gasteiger partial charge in [-0.25, -0.2) is 0 Å². The van der Waals surface area contributed by atoms with E-state index in [2.05, 4.69) is 51.1 Å². The summed E-state index contributed by atoms with van der Waals surface area (Å²) in [6.07, 6.45) is 4.25. The van der Waals surface area contributed by atoms with E-state index in [-0.39, 0.29) is 0 Å². The maximum absolute atomic E-state index is 2.20. The molecule has 0 nitrogen and oxygen atoms in total. The van der Waals surface area contributed by atoms with Crippen LogP contribution in [0.3, 0.4) is 0 Å². The molecule has 0 amide bonds. The Labute approximate surface area is 67.9 Å². The second-order valence-corrected chi connectivity index (χ2v) is 2.69. The highest BCUT2D eigenvalue weighted by Crippen LogP contribution is 1.82. The van der Waals surface area contributed by atoms with Crippen molar-refractivity contribution in [3.8, 4) is 0 Å². The Balaban J connectivity index is 3.44.